The van der Waals surface area contributed by atoms with Gasteiger partial charge in [-0.2, -0.15) is 0 Å². The number of allylic oxidation sites excluding steroid dienone is 1. The maximum atomic E-state index is 15.3. The molecule has 3 aromatic rings. The number of halogens is 1. The molecule has 14 nitrogen and oxygen atoms in total. The molecule has 1 aromatic heterocycles. The van der Waals surface area contributed by atoms with Crippen LogP contribution in [-0.2, 0) is 24.4 Å². The number of carboxylic acid groups (broad SMARTS) is 1. The minimum Gasteiger partial charge on any atom is -0.497 e. The molecular weight excluding hydrogens is 818 g/mol. The molecule has 16 heteroatoms. The van der Waals surface area contributed by atoms with Gasteiger partial charge in [-0.15, -0.1) is 0 Å². The van der Waals surface area contributed by atoms with Crippen LogP contribution in [0.1, 0.15) is 85.5 Å². The van der Waals surface area contributed by atoms with E-state index in [4.69, 9.17) is 14.5 Å². The summed E-state index contributed by atoms with van der Waals surface area (Å²) in [7, 11) is -2.50. The van der Waals surface area contributed by atoms with Gasteiger partial charge in [-0.05, 0) is 129 Å². The van der Waals surface area contributed by atoms with Gasteiger partial charge in [0.15, 0.2) is 0 Å². The summed E-state index contributed by atoms with van der Waals surface area (Å²) in [5, 5.41) is 15.0. The molecule has 2 aliphatic heterocycles. The van der Waals surface area contributed by atoms with E-state index in [1.54, 1.807) is 38.3 Å². The van der Waals surface area contributed by atoms with E-state index in [1.165, 1.54) is 21.9 Å². The number of nitrogens with zero attached hydrogens (tertiary/aromatic N) is 3. The highest BCUT2D eigenvalue weighted by Gasteiger charge is 2.63. The fraction of sp³-hybridized carbons (Fsp3) is 0.543. The number of pyridine rings is 1. The molecule has 332 valence electrons. The summed E-state index contributed by atoms with van der Waals surface area (Å²) in [5.41, 5.74) is -0.769. The zero-order chi connectivity index (χ0) is 44.4. The second kappa shape index (κ2) is 16.1. The molecule has 62 heavy (non-hydrogen) atoms. The quantitative estimate of drug-likeness (QED) is 0.192. The Morgan fingerprint density at radius 1 is 1.05 bits per heavy atom. The largest absolute Gasteiger partial charge is 0.497 e. The van der Waals surface area contributed by atoms with Crippen LogP contribution in [0.15, 0.2) is 60.7 Å². The zero-order valence-corrected chi connectivity index (χ0v) is 36.7. The first kappa shape index (κ1) is 43.4. The second-order valence-corrected chi connectivity index (χ2v) is 21.2. The van der Waals surface area contributed by atoms with Crippen molar-refractivity contribution in [2.45, 2.75) is 114 Å². The van der Waals surface area contributed by atoms with E-state index < -0.39 is 80.0 Å². The molecule has 4 fully saturated rings. The van der Waals surface area contributed by atoms with E-state index in [9.17, 15) is 32.3 Å². The molecule has 0 unspecified atom stereocenters. The Balaban J connectivity index is 1.18. The topological polar surface area (TPSA) is 185 Å². The molecule has 0 spiro atoms. The van der Waals surface area contributed by atoms with Crippen LogP contribution in [0.5, 0.6) is 11.6 Å². The maximum absolute atomic E-state index is 15.3. The molecule has 0 bridgehead atoms. The predicted octanol–water partition coefficient (Wildman–Crippen LogP) is 6.43. The highest BCUT2D eigenvalue weighted by Crippen LogP contribution is 2.49. The molecule has 3 heterocycles. The standard InChI is InChI=1S/C46H56FN5O9S/c1-27-8-6-7-9-31-24-46(31,42(55)50-62(58,59)45(4)18-19-45)49-39(53)37-23-34(25-51(37)41(54)38(28(2)20-27)52(43(56)57)26-44(3)16-17-44)61-40-35-15-14-33(60-5)21-30(35)22-36(48-40)29-10-12-32(47)13-11-29/h7,9-15,21-22,27-28,31,34,37-38H,6,8,16-20,23-26H2,1-5H3,(H,49,53)(H,50,55)(H,56,57)/t27-,28-,31-,34-,37+,38+,46-/m1/s1. The lowest BCUT2D eigenvalue weighted by Crippen LogP contribution is -2.60. The number of methoxy groups -OCH3 is 1. The van der Waals surface area contributed by atoms with Crippen LogP contribution >= 0.6 is 0 Å². The van der Waals surface area contributed by atoms with Gasteiger partial charge in [-0.1, -0.05) is 32.9 Å². The minimum absolute atomic E-state index is 0.0471. The average Bonchev–Trinajstić information content (AvgIpc) is 4.19. The first-order chi connectivity index (χ1) is 29.3. The monoisotopic (exact) mass is 873 g/mol. The number of sulfonamides is 1. The summed E-state index contributed by atoms with van der Waals surface area (Å²) < 4.78 is 54.0. The Morgan fingerprint density at radius 2 is 1.77 bits per heavy atom. The van der Waals surface area contributed by atoms with E-state index >= 15 is 4.79 Å². The van der Waals surface area contributed by atoms with Crippen LogP contribution in [0.4, 0.5) is 9.18 Å². The first-order valence-corrected chi connectivity index (χ1v) is 23.1. The Bertz CT molecular complexity index is 2420. The van der Waals surface area contributed by atoms with Crippen LogP contribution in [-0.4, -0.2) is 101 Å². The Morgan fingerprint density at radius 3 is 2.44 bits per heavy atom. The molecular formula is C46H56FN5O9S. The minimum atomic E-state index is -4.05. The Kier molecular flexibility index (Phi) is 11.3. The van der Waals surface area contributed by atoms with Crippen molar-refractivity contribution >= 4 is 44.6 Å². The van der Waals surface area contributed by atoms with Crippen molar-refractivity contribution in [3.05, 3.63) is 66.5 Å². The molecule has 4 amide bonds. The molecule has 1 saturated heterocycles. The van der Waals surface area contributed by atoms with Gasteiger partial charge in [0.2, 0.25) is 27.7 Å². The van der Waals surface area contributed by atoms with Crippen LogP contribution in [0.25, 0.3) is 22.0 Å². The van der Waals surface area contributed by atoms with Gasteiger partial charge in [0.05, 0.1) is 24.1 Å². The number of benzene rings is 2. The van der Waals surface area contributed by atoms with Crippen molar-refractivity contribution in [1.82, 2.24) is 24.8 Å². The summed E-state index contributed by atoms with van der Waals surface area (Å²) in [6.45, 7) is 7.57. The number of hydrogen-bond donors (Lipinski definition) is 3. The van der Waals surface area contributed by atoms with Gasteiger partial charge in [0.25, 0.3) is 5.91 Å². The molecule has 3 N–H and O–H groups in total. The van der Waals surface area contributed by atoms with Gasteiger partial charge in [-0.3, -0.25) is 24.0 Å². The van der Waals surface area contributed by atoms with Gasteiger partial charge in [-0.25, -0.2) is 22.6 Å². The van der Waals surface area contributed by atoms with Crippen molar-refractivity contribution in [1.29, 1.82) is 0 Å². The second-order valence-electron chi connectivity index (χ2n) is 19.0. The number of ether oxygens (including phenoxy) is 2. The van der Waals surface area contributed by atoms with E-state index in [2.05, 4.69) is 17.0 Å². The molecule has 5 aliphatic rings. The molecule has 3 aliphatic carbocycles. The zero-order valence-electron chi connectivity index (χ0n) is 35.9. The van der Waals surface area contributed by atoms with Gasteiger partial charge in [0, 0.05) is 29.8 Å². The molecule has 7 atom stereocenters. The van der Waals surface area contributed by atoms with Crippen molar-refractivity contribution in [3.63, 3.8) is 0 Å². The lowest BCUT2D eigenvalue weighted by Gasteiger charge is -2.38. The van der Waals surface area contributed by atoms with Crippen LogP contribution in [0, 0.1) is 29.0 Å². The van der Waals surface area contributed by atoms with Crippen molar-refractivity contribution in [2.24, 2.45) is 23.2 Å². The number of amides is 4. The smallest absolute Gasteiger partial charge is 0.408 e. The molecule has 2 aromatic carbocycles. The third kappa shape index (κ3) is 8.58. The summed E-state index contributed by atoms with van der Waals surface area (Å²) >= 11 is 0. The van der Waals surface area contributed by atoms with E-state index in [1.807, 2.05) is 38.1 Å². The van der Waals surface area contributed by atoms with Crippen LogP contribution in [0.2, 0.25) is 0 Å². The number of aromatic nitrogens is 1. The predicted molar refractivity (Wildman–Crippen MR) is 229 cm³/mol. The summed E-state index contributed by atoms with van der Waals surface area (Å²) in [6.07, 6.45) is 6.22. The normalized spacial score (nSPS) is 29.0. The summed E-state index contributed by atoms with van der Waals surface area (Å²) in [4.78, 5) is 64.8. The molecule has 8 rings (SSSR count). The Labute approximate surface area is 361 Å². The van der Waals surface area contributed by atoms with Gasteiger partial charge < -0.3 is 24.8 Å². The van der Waals surface area contributed by atoms with E-state index in [0.29, 0.717) is 53.5 Å². The van der Waals surface area contributed by atoms with Crippen LogP contribution in [0.3, 0.4) is 0 Å². The highest BCUT2D eigenvalue weighted by atomic mass is 32.2. The fourth-order valence-corrected chi connectivity index (χ4v) is 10.5. The van der Waals surface area contributed by atoms with Crippen LogP contribution < -0.4 is 19.5 Å². The van der Waals surface area contributed by atoms with Crippen molar-refractivity contribution < 1.29 is 46.6 Å². The highest BCUT2D eigenvalue weighted by molar-refractivity contribution is 7.91. The lowest BCUT2D eigenvalue weighted by atomic mass is 9.86. The summed E-state index contributed by atoms with van der Waals surface area (Å²) in [5.74, 6) is -2.53. The third-order valence-electron chi connectivity index (χ3n) is 13.9. The number of carbonyl (C=O) groups is 4. The average molecular weight is 874 g/mol. The van der Waals surface area contributed by atoms with E-state index in [-0.39, 0.29) is 43.1 Å². The van der Waals surface area contributed by atoms with Gasteiger partial charge >= 0.3 is 6.09 Å². The third-order valence-corrected chi connectivity index (χ3v) is 16.0. The molecule has 0 radical (unpaired) electrons. The number of hydrogen-bond acceptors (Lipinski definition) is 9. The van der Waals surface area contributed by atoms with Crippen molar-refractivity contribution in [2.75, 3.05) is 20.2 Å². The summed E-state index contributed by atoms with van der Waals surface area (Å²) in [6, 6.07) is 10.7. The number of rotatable bonds is 10. The number of carbonyl (C=O) groups excluding carboxylic acids is 3. The fourth-order valence-electron chi connectivity index (χ4n) is 9.23. The Hall–Kier alpha value is -5.25. The maximum Gasteiger partial charge on any atom is 0.408 e. The van der Waals surface area contributed by atoms with Crippen molar-refractivity contribution in [3.8, 4) is 22.9 Å². The number of fused-ring (bicyclic) bond motifs is 3. The SMILES string of the molecule is COc1ccc2c(O[C@@H]3C[C@H]4C(=O)N[C@]5(C(=O)NS(=O)(=O)C6(C)CC6)C[C@H]5C=CCC[C@@H](C)C[C@@H](C)[C@H](N(CC5(C)CC5)C(=O)O)C(=O)N4C3)nc(-c3ccc(F)cc3)cc2c1. The van der Waals surface area contributed by atoms with Gasteiger partial charge in [0.1, 0.15) is 35.3 Å². The first-order valence-electron chi connectivity index (χ1n) is 21.6. The van der Waals surface area contributed by atoms with E-state index in [0.717, 1.165) is 19.3 Å². The lowest BCUT2D eigenvalue weighted by molar-refractivity contribution is -0.144. The number of nitrogens with one attached hydrogen (secondary N) is 2. The molecule has 3 saturated carbocycles.